The van der Waals surface area contributed by atoms with E-state index >= 15 is 0 Å². The summed E-state index contributed by atoms with van der Waals surface area (Å²) in [6, 6.07) is 12.1. The number of benzene rings is 2. The van der Waals surface area contributed by atoms with E-state index in [4.69, 9.17) is 16.9 Å². The number of amides is 4. The Morgan fingerprint density at radius 1 is 1.19 bits per heavy atom. The highest BCUT2D eigenvalue weighted by atomic mass is 35.5. The third-order valence-electron chi connectivity index (χ3n) is 3.64. The number of thioether (sulfide) groups is 1. The summed E-state index contributed by atoms with van der Waals surface area (Å²) in [4.78, 5) is 42.6. The first kappa shape index (κ1) is 18.6. The van der Waals surface area contributed by atoms with E-state index in [-0.39, 0.29) is 5.69 Å². The van der Waals surface area contributed by atoms with Crippen LogP contribution in [-0.2, 0) is 9.59 Å². The molecule has 0 saturated carbocycles. The van der Waals surface area contributed by atoms with Gasteiger partial charge in [0.25, 0.3) is 5.91 Å². The number of barbiturate groups is 1. The first-order valence-corrected chi connectivity index (χ1v) is 8.83. The monoisotopic (exact) mass is 398 g/mol. The minimum absolute atomic E-state index is 0.258. The van der Waals surface area contributed by atoms with Gasteiger partial charge in [0.1, 0.15) is 5.40 Å². The molecule has 1 aliphatic rings. The molecule has 1 saturated heterocycles. The molecule has 1 atom stereocenters. The number of halogens is 1. The molecule has 1 fully saturated rings. The van der Waals surface area contributed by atoms with Gasteiger partial charge in [0.05, 0.1) is 11.4 Å². The van der Waals surface area contributed by atoms with E-state index in [1.165, 1.54) is 12.3 Å². The normalized spacial score (nSPS) is 17.1. The van der Waals surface area contributed by atoms with E-state index in [1.54, 1.807) is 42.5 Å². The van der Waals surface area contributed by atoms with Gasteiger partial charge in [-0.2, -0.15) is 5.26 Å². The van der Waals surface area contributed by atoms with Crippen LogP contribution in [0.2, 0.25) is 5.02 Å². The van der Waals surface area contributed by atoms with Crippen molar-refractivity contribution in [1.29, 1.82) is 5.26 Å². The van der Waals surface area contributed by atoms with Crippen LogP contribution in [0.25, 0.3) is 0 Å². The molecule has 134 valence electrons. The van der Waals surface area contributed by atoms with Crippen molar-refractivity contribution in [2.24, 2.45) is 10.9 Å². The van der Waals surface area contributed by atoms with Crippen molar-refractivity contribution in [2.45, 2.75) is 4.90 Å². The lowest BCUT2D eigenvalue weighted by atomic mass is 10.1. The van der Waals surface area contributed by atoms with Crippen molar-refractivity contribution in [1.82, 2.24) is 5.32 Å². The van der Waals surface area contributed by atoms with Crippen LogP contribution in [0.3, 0.4) is 0 Å². The second-order valence-corrected chi connectivity index (χ2v) is 6.69. The summed E-state index contributed by atoms with van der Waals surface area (Å²) in [6.07, 6.45) is 1.19. The summed E-state index contributed by atoms with van der Waals surface area (Å²) in [5, 5.41) is 13.1. The van der Waals surface area contributed by atoms with E-state index in [9.17, 15) is 14.4 Å². The molecular formula is C18H11ClN4O3S. The summed E-state index contributed by atoms with van der Waals surface area (Å²) < 4.78 is 0. The van der Waals surface area contributed by atoms with Crippen LogP contribution in [0.4, 0.5) is 16.2 Å². The molecule has 1 aliphatic heterocycles. The number of imide groups is 2. The lowest BCUT2D eigenvalue weighted by molar-refractivity contribution is -0.131. The van der Waals surface area contributed by atoms with Gasteiger partial charge in [-0.1, -0.05) is 17.7 Å². The zero-order valence-electron chi connectivity index (χ0n) is 13.6. The van der Waals surface area contributed by atoms with Gasteiger partial charge in [-0.15, -0.1) is 0 Å². The number of nitriles is 1. The third kappa shape index (κ3) is 4.16. The SMILES string of the molecule is N#CSc1ccc(N=CC2C(=O)NC(=O)N(c3cccc(Cl)c3)C2=O)cc1. The number of rotatable bonds is 4. The van der Waals surface area contributed by atoms with Crippen molar-refractivity contribution < 1.29 is 14.4 Å². The fourth-order valence-electron chi connectivity index (χ4n) is 2.40. The highest BCUT2D eigenvalue weighted by molar-refractivity contribution is 8.03. The lowest BCUT2D eigenvalue weighted by Gasteiger charge is -2.28. The Kier molecular flexibility index (Phi) is 5.54. The van der Waals surface area contributed by atoms with Crippen molar-refractivity contribution in [3.05, 3.63) is 53.6 Å². The number of anilines is 1. The molecule has 1 heterocycles. The molecular weight excluding hydrogens is 388 g/mol. The first-order valence-electron chi connectivity index (χ1n) is 7.64. The average Bonchev–Trinajstić information content (AvgIpc) is 2.63. The summed E-state index contributed by atoms with van der Waals surface area (Å²) >= 11 is 6.93. The first-order chi connectivity index (χ1) is 13.0. The van der Waals surface area contributed by atoms with Gasteiger partial charge in [-0.3, -0.25) is 19.9 Å². The molecule has 1 unspecified atom stereocenters. The molecule has 0 aliphatic carbocycles. The molecule has 7 nitrogen and oxygen atoms in total. The number of nitrogens with zero attached hydrogens (tertiary/aromatic N) is 3. The third-order valence-corrected chi connectivity index (χ3v) is 4.48. The Balaban J connectivity index is 1.84. The Hall–Kier alpha value is -3.15. The maximum atomic E-state index is 12.7. The topological polar surface area (TPSA) is 103 Å². The largest absolute Gasteiger partial charge is 0.335 e. The fourth-order valence-corrected chi connectivity index (χ4v) is 2.96. The zero-order valence-corrected chi connectivity index (χ0v) is 15.2. The average molecular weight is 399 g/mol. The lowest BCUT2D eigenvalue weighted by Crippen LogP contribution is -2.58. The van der Waals surface area contributed by atoms with Crippen LogP contribution >= 0.6 is 23.4 Å². The van der Waals surface area contributed by atoms with E-state index in [0.717, 1.165) is 21.6 Å². The molecule has 3 rings (SSSR count). The molecule has 0 bridgehead atoms. The predicted molar refractivity (Wildman–Crippen MR) is 102 cm³/mol. The van der Waals surface area contributed by atoms with Crippen LogP contribution in [0, 0.1) is 16.6 Å². The van der Waals surface area contributed by atoms with E-state index in [2.05, 4.69) is 10.3 Å². The van der Waals surface area contributed by atoms with Gasteiger partial charge in [-0.25, -0.2) is 9.69 Å². The van der Waals surface area contributed by atoms with Crippen LogP contribution in [0.5, 0.6) is 0 Å². The van der Waals surface area contributed by atoms with Crippen LogP contribution in [0.1, 0.15) is 0 Å². The van der Waals surface area contributed by atoms with Gasteiger partial charge in [0.2, 0.25) is 5.91 Å². The highest BCUT2D eigenvalue weighted by Crippen LogP contribution is 2.24. The summed E-state index contributed by atoms with van der Waals surface area (Å²) in [5.74, 6) is -2.72. The molecule has 0 spiro atoms. The fraction of sp³-hybridized carbons (Fsp3) is 0.0556. The molecule has 1 N–H and O–H groups in total. The summed E-state index contributed by atoms with van der Waals surface area (Å²) in [6.45, 7) is 0. The van der Waals surface area contributed by atoms with Crippen molar-refractivity contribution >= 4 is 58.8 Å². The van der Waals surface area contributed by atoms with Gasteiger partial charge in [-0.05, 0) is 54.2 Å². The van der Waals surface area contributed by atoms with Crippen molar-refractivity contribution in [3.63, 3.8) is 0 Å². The Bertz CT molecular complexity index is 985. The van der Waals surface area contributed by atoms with Crippen LogP contribution in [0.15, 0.2) is 58.4 Å². The molecule has 4 amide bonds. The Morgan fingerprint density at radius 2 is 1.93 bits per heavy atom. The Morgan fingerprint density at radius 3 is 2.59 bits per heavy atom. The zero-order chi connectivity index (χ0) is 19.4. The number of aliphatic imine (C=N–C) groups is 1. The van der Waals surface area contributed by atoms with Gasteiger partial charge >= 0.3 is 6.03 Å². The second-order valence-electron chi connectivity index (χ2n) is 5.39. The molecule has 2 aromatic carbocycles. The van der Waals surface area contributed by atoms with Crippen molar-refractivity contribution in [2.75, 3.05) is 4.90 Å². The minimum atomic E-state index is -1.25. The quantitative estimate of drug-likeness (QED) is 0.367. The van der Waals surface area contributed by atoms with Gasteiger partial charge in [0.15, 0.2) is 5.92 Å². The summed E-state index contributed by atoms with van der Waals surface area (Å²) in [5.41, 5.74) is 0.762. The van der Waals surface area contributed by atoms with Crippen LogP contribution in [-0.4, -0.2) is 24.1 Å². The number of carbonyl (C=O) groups excluding carboxylic acids is 3. The highest BCUT2D eigenvalue weighted by Gasteiger charge is 2.40. The summed E-state index contributed by atoms with van der Waals surface area (Å²) in [7, 11) is 0. The standard InChI is InChI=1S/C18H11ClN4O3S/c19-11-2-1-3-13(8-11)23-17(25)15(16(24)22-18(23)26)9-21-12-4-6-14(7-5-12)27-10-20/h1-9,15H,(H,22,24,26). The van der Waals surface area contributed by atoms with Gasteiger partial charge in [0, 0.05) is 16.1 Å². The molecule has 0 radical (unpaired) electrons. The molecule has 0 aromatic heterocycles. The number of thiocyanates is 1. The van der Waals surface area contributed by atoms with Gasteiger partial charge < -0.3 is 0 Å². The maximum Gasteiger partial charge on any atom is 0.335 e. The van der Waals surface area contributed by atoms with E-state index in [0.29, 0.717) is 10.7 Å². The number of hydrogen-bond donors (Lipinski definition) is 1. The molecule has 9 heteroatoms. The van der Waals surface area contributed by atoms with Crippen molar-refractivity contribution in [3.8, 4) is 5.40 Å². The number of carbonyl (C=O) groups is 3. The maximum absolute atomic E-state index is 12.7. The second kappa shape index (κ2) is 8.03. The van der Waals surface area contributed by atoms with Crippen LogP contribution < -0.4 is 10.2 Å². The minimum Gasteiger partial charge on any atom is -0.276 e. The van der Waals surface area contributed by atoms with E-state index < -0.39 is 23.8 Å². The Labute approximate surface area is 163 Å². The molecule has 27 heavy (non-hydrogen) atoms. The number of urea groups is 1. The van der Waals surface area contributed by atoms with E-state index in [1.807, 2.05) is 5.40 Å². The smallest absolute Gasteiger partial charge is 0.276 e. The molecule has 2 aromatic rings. The number of nitrogens with one attached hydrogen (secondary N) is 1. The number of hydrogen-bond acceptors (Lipinski definition) is 6. The predicted octanol–water partition coefficient (Wildman–Crippen LogP) is 3.51.